The molecule has 1 aromatic heterocycles. The molecule has 0 bridgehead atoms. The summed E-state index contributed by atoms with van der Waals surface area (Å²) in [6.45, 7) is 4.81. The summed E-state index contributed by atoms with van der Waals surface area (Å²) in [5.74, 6) is 0.633. The molecule has 7 nitrogen and oxygen atoms in total. The molecule has 31 heavy (non-hydrogen) atoms. The maximum Gasteiger partial charge on any atom is 0.512 e. The number of ether oxygens (including phenoxy) is 3. The van der Waals surface area contributed by atoms with Gasteiger partial charge in [0.25, 0.3) is 5.88 Å². The summed E-state index contributed by atoms with van der Waals surface area (Å²) in [6, 6.07) is 0. The van der Waals surface area contributed by atoms with Crippen molar-refractivity contribution in [2.24, 2.45) is 0 Å². The molecule has 1 unspecified atom stereocenters. The third-order valence-electron chi connectivity index (χ3n) is 5.92. The zero-order valence-electron chi connectivity index (χ0n) is 18.8. The summed E-state index contributed by atoms with van der Waals surface area (Å²) in [4.78, 5) is 12.1. The lowest BCUT2D eigenvalue weighted by atomic mass is 9.98. The first-order chi connectivity index (χ1) is 14.6. The van der Waals surface area contributed by atoms with Gasteiger partial charge >= 0.3 is 6.16 Å². The molecule has 2 heterocycles. The Balaban J connectivity index is 0.00000341. The van der Waals surface area contributed by atoms with Crippen molar-refractivity contribution >= 4 is 23.5 Å². The maximum atomic E-state index is 12.1. The van der Waals surface area contributed by atoms with Gasteiger partial charge in [0.15, 0.2) is 0 Å². The molecular weight excluding hydrogens is 529 g/mol. The highest BCUT2D eigenvalue weighted by molar-refractivity contribution is 6.99. The largest absolute Gasteiger partial charge is 1.00 e. The van der Waals surface area contributed by atoms with Gasteiger partial charge in [-0.15, -0.1) is 4.37 Å². The smallest absolute Gasteiger partial charge is 0.512 e. The van der Waals surface area contributed by atoms with E-state index in [0.29, 0.717) is 23.7 Å². The zero-order valence-corrected chi connectivity index (χ0v) is 21.8. The molecule has 1 aromatic rings. The molecule has 2 aliphatic rings. The fourth-order valence-corrected chi connectivity index (χ4v) is 4.65. The number of quaternary nitrogens is 1. The average molecular weight is 566 g/mol. The van der Waals surface area contributed by atoms with Crippen LogP contribution in [-0.2, 0) is 9.47 Å². The number of carbonyl (C=O) groups excluding carboxylic acids is 1. The minimum absolute atomic E-state index is 0. The molecule has 3 rings (SSSR count). The molecule has 0 saturated heterocycles. The van der Waals surface area contributed by atoms with E-state index in [1.54, 1.807) is 0 Å². The second-order valence-corrected chi connectivity index (χ2v) is 9.28. The Morgan fingerprint density at radius 2 is 2.00 bits per heavy atom. The van der Waals surface area contributed by atoms with Gasteiger partial charge in [-0.1, -0.05) is 38.7 Å². The van der Waals surface area contributed by atoms with E-state index in [1.807, 2.05) is 0 Å². The number of halogens is 1. The van der Waals surface area contributed by atoms with Crippen molar-refractivity contribution in [3.8, 4) is 5.88 Å². The van der Waals surface area contributed by atoms with Gasteiger partial charge in [0.1, 0.15) is 18.3 Å². The van der Waals surface area contributed by atoms with Gasteiger partial charge in [-0.3, -0.25) is 4.48 Å². The Bertz CT molecular complexity index is 709. The second-order valence-electron chi connectivity index (χ2n) is 8.75. The molecular formula is C22H36IN3O4S. The normalized spacial score (nSPS) is 21.7. The van der Waals surface area contributed by atoms with Gasteiger partial charge in [0.05, 0.1) is 31.9 Å². The predicted octanol–water partition coefficient (Wildman–Crippen LogP) is 2.18. The minimum Gasteiger partial charge on any atom is -1.00 e. The zero-order chi connectivity index (χ0) is 21.2. The van der Waals surface area contributed by atoms with Crippen molar-refractivity contribution in [2.75, 3.05) is 33.5 Å². The third-order valence-corrected chi connectivity index (χ3v) is 6.43. The number of rotatable bonds is 10. The maximum absolute atomic E-state index is 12.1. The first-order valence-electron chi connectivity index (χ1n) is 11.4. The number of hydrogen-bond donors (Lipinski definition) is 0. The molecule has 1 aliphatic carbocycles. The van der Waals surface area contributed by atoms with Crippen LogP contribution in [0, 0.1) is 0 Å². The number of hydrogen-bond acceptors (Lipinski definition) is 7. The highest BCUT2D eigenvalue weighted by atomic mass is 127. The van der Waals surface area contributed by atoms with Gasteiger partial charge in [-0.05, 0) is 32.1 Å². The summed E-state index contributed by atoms with van der Waals surface area (Å²) >= 11 is 1.19. The first kappa shape index (κ1) is 26.3. The SMILES string of the molecule is CCCCCCOc1nsnc1C1=CCC[N+](C)(COC(=O)OC2CCCCC2)C1.[I-]. The average Bonchev–Trinajstić information content (AvgIpc) is 3.22. The molecule has 176 valence electrons. The number of carbonyl (C=O) groups is 1. The summed E-state index contributed by atoms with van der Waals surface area (Å²) in [7, 11) is 2.10. The number of likely N-dealkylation sites (N-methyl/N-ethyl adjacent to an activating group) is 1. The topological polar surface area (TPSA) is 70.5 Å². The van der Waals surface area contributed by atoms with E-state index >= 15 is 0 Å². The van der Waals surface area contributed by atoms with Gasteiger partial charge in [-0.2, -0.15) is 4.37 Å². The Kier molecular flexibility index (Phi) is 11.5. The number of nitrogens with zero attached hydrogens (tertiary/aromatic N) is 3. The molecule has 0 spiro atoms. The number of unbranched alkanes of at least 4 members (excludes halogenated alkanes) is 3. The Morgan fingerprint density at radius 3 is 2.77 bits per heavy atom. The Morgan fingerprint density at radius 1 is 1.19 bits per heavy atom. The molecule has 0 radical (unpaired) electrons. The van der Waals surface area contributed by atoms with Gasteiger partial charge in [-0.25, -0.2) is 4.79 Å². The van der Waals surface area contributed by atoms with Crippen LogP contribution in [0.25, 0.3) is 5.57 Å². The summed E-state index contributed by atoms with van der Waals surface area (Å²) in [5, 5.41) is 0. The van der Waals surface area contributed by atoms with Crippen LogP contribution in [0.15, 0.2) is 6.08 Å². The minimum atomic E-state index is -0.538. The number of aromatic nitrogens is 2. The van der Waals surface area contributed by atoms with E-state index in [2.05, 4.69) is 28.8 Å². The van der Waals surface area contributed by atoms with Crippen molar-refractivity contribution in [3.63, 3.8) is 0 Å². The van der Waals surface area contributed by atoms with Crippen molar-refractivity contribution in [3.05, 3.63) is 11.8 Å². The van der Waals surface area contributed by atoms with Crippen molar-refractivity contribution in [1.29, 1.82) is 0 Å². The lowest BCUT2D eigenvalue weighted by Gasteiger charge is -2.36. The van der Waals surface area contributed by atoms with E-state index in [9.17, 15) is 4.79 Å². The fraction of sp³-hybridized carbons (Fsp3) is 0.773. The van der Waals surface area contributed by atoms with Crippen LogP contribution in [0.4, 0.5) is 4.79 Å². The van der Waals surface area contributed by atoms with Crippen LogP contribution in [0.5, 0.6) is 5.88 Å². The summed E-state index contributed by atoms with van der Waals surface area (Å²) in [6.07, 6.45) is 12.6. The van der Waals surface area contributed by atoms with E-state index in [1.165, 1.54) is 37.4 Å². The Hall–Kier alpha value is -0.940. The molecule has 1 fully saturated rings. The highest BCUT2D eigenvalue weighted by Gasteiger charge is 2.32. The lowest BCUT2D eigenvalue weighted by Crippen LogP contribution is -3.00. The predicted molar refractivity (Wildman–Crippen MR) is 117 cm³/mol. The van der Waals surface area contributed by atoms with Crippen molar-refractivity contribution in [2.45, 2.75) is 77.2 Å². The van der Waals surface area contributed by atoms with E-state index in [-0.39, 0.29) is 30.1 Å². The van der Waals surface area contributed by atoms with Crippen LogP contribution in [0.2, 0.25) is 0 Å². The molecule has 0 N–H and O–H groups in total. The summed E-state index contributed by atoms with van der Waals surface area (Å²) < 4.78 is 26.4. The van der Waals surface area contributed by atoms with Gasteiger partial charge in [0.2, 0.25) is 6.73 Å². The van der Waals surface area contributed by atoms with Crippen LogP contribution in [0.1, 0.15) is 76.8 Å². The monoisotopic (exact) mass is 565 g/mol. The molecule has 1 aliphatic heterocycles. The van der Waals surface area contributed by atoms with Crippen LogP contribution >= 0.6 is 11.7 Å². The molecule has 9 heteroatoms. The molecule has 0 amide bonds. The van der Waals surface area contributed by atoms with Crippen molar-refractivity contribution < 1.29 is 47.5 Å². The van der Waals surface area contributed by atoms with E-state index in [4.69, 9.17) is 14.2 Å². The molecule has 1 atom stereocenters. The third kappa shape index (κ3) is 8.49. The van der Waals surface area contributed by atoms with Crippen LogP contribution in [0.3, 0.4) is 0 Å². The van der Waals surface area contributed by atoms with Gasteiger partial charge in [0, 0.05) is 12.0 Å². The second kappa shape index (κ2) is 13.6. The van der Waals surface area contributed by atoms with Crippen LogP contribution in [-0.4, -0.2) is 59.0 Å². The van der Waals surface area contributed by atoms with E-state index < -0.39 is 6.16 Å². The first-order valence-corrected chi connectivity index (χ1v) is 12.1. The standard InChI is InChI=1S/C22H36N3O4S.HI/c1-3-4-5-9-15-27-21-20(23-30-24-21)18-11-10-14-25(2,16-18)17-28-22(26)29-19-12-7-6-8-13-19;/h11,19H,3-10,12-17H2,1-2H3;1H/q+1;/p-1. The van der Waals surface area contributed by atoms with Crippen LogP contribution < -0.4 is 28.7 Å². The highest BCUT2D eigenvalue weighted by Crippen LogP contribution is 2.30. The molecule has 0 aromatic carbocycles. The van der Waals surface area contributed by atoms with E-state index in [0.717, 1.165) is 62.9 Å². The summed E-state index contributed by atoms with van der Waals surface area (Å²) in [5.41, 5.74) is 1.95. The Labute approximate surface area is 207 Å². The lowest BCUT2D eigenvalue weighted by molar-refractivity contribution is -0.919. The van der Waals surface area contributed by atoms with Gasteiger partial charge < -0.3 is 38.2 Å². The fourth-order valence-electron chi connectivity index (χ4n) is 4.12. The quantitative estimate of drug-likeness (QED) is 0.188. The van der Waals surface area contributed by atoms with Crippen molar-refractivity contribution in [1.82, 2.24) is 8.75 Å². The molecule has 1 saturated carbocycles.